The van der Waals surface area contributed by atoms with Gasteiger partial charge in [-0.3, -0.25) is 0 Å². The molecule has 88 valence electrons. The van der Waals surface area contributed by atoms with Gasteiger partial charge in [0, 0.05) is 18.8 Å². The molecule has 0 aliphatic heterocycles. The van der Waals surface area contributed by atoms with Crippen LogP contribution in [-0.2, 0) is 4.74 Å². The molecule has 1 aromatic carbocycles. The van der Waals surface area contributed by atoms with Gasteiger partial charge >= 0.3 is 0 Å². The summed E-state index contributed by atoms with van der Waals surface area (Å²) in [5, 5.41) is 3.39. The number of rotatable bonds is 6. The molecule has 2 nitrogen and oxygen atoms in total. The lowest BCUT2D eigenvalue weighted by Crippen LogP contribution is -2.11. The highest BCUT2D eigenvalue weighted by molar-refractivity contribution is 5.42. The van der Waals surface area contributed by atoms with E-state index < -0.39 is 0 Å². The zero-order valence-electron chi connectivity index (χ0n) is 9.82. The normalized spacial score (nSPS) is 16.5. The topological polar surface area (TPSA) is 21.3 Å². The minimum absolute atomic E-state index is 0.553. The third kappa shape index (κ3) is 3.86. The van der Waals surface area contributed by atoms with Crippen LogP contribution in [-0.4, -0.2) is 19.3 Å². The summed E-state index contributed by atoms with van der Waals surface area (Å²) in [5.41, 5.74) is 1.20. The average molecular weight is 219 g/mol. The predicted molar refractivity (Wildman–Crippen MR) is 67.8 cm³/mol. The molecule has 0 amide bonds. The Morgan fingerprint density at radius 3 is 2.62 bits per heavy atom. The van der Waals surface area contributed by atoms with Gasteiger partial charge in [0.05, 0.1) is 6.10 Å². The maximum atomic E-state index is 5.80. The Morgan fingerprint density at radius 1 is 1.12 bits per heavy atom. The van der Waals surface area contributed by atoms with Crippen LogP contribution in [0.5, 0.6) is 0 Å². The van der Waals surface area contributed by atoms with E-state index in [0.29, 0.717) is 6.10 Å². The number of ether oxygens (including phenoxy) is 1. The minimum atomic E-state index is 0.553. The second kappa shape index (κ2) is 6.54. The first-order valence-electron chi connectivity index (χ1n) is 6.36. The van der Waals surface area contributed by atoms with Crippen LogP contribution >= 0.6 is 0 Å². The first-order chi connectivity index (χ1) is 7.95. The van der Waals surface area contributed by atoms with Crippen molar-refractivity contribution in [2.24, 2.45) is 0 Å². The molecule has 1 fully saturated rings. The van der Waals surface area contributed by atoms with Gasteiger partial charge in [-0.05, 0) is 31.4 Å². The van der Waals surface area contributed by atoms with Gasteiger partial charge < -0.3 is 10.1 Å². The van der Waals surface area contributed by atoms with Gasteiger partial charge in [0.15, 0.2) is 0 Å². The van der Waals surface area contributed by atoms with Crippen molar-refractivity contribution in [3.63, 3.8) is 0 Å². The molecule has 2 rings (SSSR count). The van der Waals surface area contributed by atoms with Crippen molar-refractivity contribution < 1.29 is 4.74 Å². The Labute approximate surface area is 98.0 Å². The largest absolute Gasteiger partial charge is 0.385 e. The maximum absolute atomic E-state index is 5.80. The zero-order chi connectivity index (χ0) is 11.1. The molecule has 1 aliphatic carbocycles. The fourth-order valence-corrected chi connectivity index (χ4v) is 2.17. The number of para-hydroxylation sites is 1. The molecule has 0 saturated heterocycles. The number of hydrogen-bond donors (Lipinski definition) is 1. The summed E-state index contributed by atoms with van der Waals surface area (Å²) >= 11 is 0. The van der Waals surface area contributed by atoms with Gasteiger partial charge in [0.2, 0.25) is 0 Å². The molecule has 1 N–H and O–H groups in total. The van der Waals surface area contributed by atoms with E-state index >= 15 is 0 Å². The molecule has 0 aromatic heterocycles. The van der Waals surface area contributed by atoms with Gasteiger partial charge in [0.25, 0.3) is 0 Å². The Balaban J connectivity index is 1.52. The van der Waals surface area contributed by atoms with Crippen molar-refractivity contribution in [3.8, 4) is 0 Å². The van der Waals surface area contributed by atoms with Gasteiger partial charge in [0.1, 0.15) is 0 Å². The molecule has 0 spiro atoms. The Morgan fingerprint density at radius 2 is 1.88 bits per heavy atom. The number of benzene rings is 1. The standard InChI is InChI=1S/C14H21NO/c1-2-7-13(8-3-1)15-11-6-12-16-14-9-4-5-10-14/h1-3,7-8,14-15H,4-6,9-12H2. The van der Waals surface area contributed by atoms with Gasteiger partial charge in [-0.15, -0.1) is 0 Å². The number of hydrogen-bond acceptors (Lipinski definition) is 2. The Kier molecular flexibility index (Phi) is 4.69. The van der Waals surface area contributed by atoms with E-state index in [2.05, 4.69) is 29.6 Å². The predicted octanol–water partition coefficient (Wildman–Crippen LogP) is 3.45. The maximum Gasteiger partial charge on any atom is 0.0575 e. The lowest BCUT2D eigenvalue weighted by molar-refractivity contribution is 0.0583. The molecule has 1 saturated carbocycles. The summed E-state index contributed by atoms with van der Waals surface area (Å²) in [6.07, 6.45) is 6.89. The van der Waals surface area contributed by atoms with Crippen LogP contribution in [0.1, 0.15) is 32.1 Å². The lowest BCUT2D eigenvalue weighted by atomic mass is 10.3. The van der Waals surface area contributed by atoms with Crippen LogP contribution in [0.2, 0.25) is 0 Å². The van der Waals surface area contributed by atoms with E-state index in [0.717, 1.165) is 19.6 Å². The average Bonchev–Trinajstić information content (AvgIpc) is 2.83. The van der Waals surface area contributed by atoms with Crippen LogP contribution in [0.25, 0.3) is 0 Å². The van der Waals surface area contributed by atoms with E-state index in [9.17, 15) is 0 Å². The summed E-state index contributed by atoms with van der Waals surface area (Å²) in [5.74, 6) is 0. The van der Waals surface area contributed by atoms with E-state index in [-0.39, 0.29) is 0 Å². The van der Waals surface area contributed by atoms with Crippen LogP contribution in [0.4, 0.5) is 5.69 Å². The minimum Gasteiger partial charge on any atom is -0.385 e. The molecule has 0 radical (unpaired) electrons. The molecule has 0 atom stereocenters. The summed E-state index contributed by atoms with van der Waals surface area (Å²) < 4.78 is 5.80. The molecule has 16 heavy (non-hydrogen) atoms. The van der Waals surface area contributed by atoms with Crippen molar-refractivity contribution in [3.05, 3.63) is 30.3 Å². The second-order valence-corrected chi connectivity index (χ2v) is 4.42. The van der Waals surface area contributed by atoms with Gasteiger partial charge in [-0.1, -0.05) is 31.0 Å². The molecule has 0 bridgehead atoms. The van der Waals surface area contributed by atoms with Crippen LogP contribution in [0, 0.1) is 0 Å². The first kappa shape index (κ1) is 11.5. The molecule has 1 aliphatic rings. The van der Waals surface area contributed by atoms with E-state index in [1.54, 1.807) is 0 Å². The molecule has 2 heteroatoms. The Bertz CT molecular complexity index is 280. The zero-order valence-corrected chi connectivity index (χ0v) is 9.82. The Hall–Kier alpha value is -1.02. The van der Waals surface area contributed by atoms with Crippen molar-refractivity contribution in [1.29, 1.82) is 0 Å². The molecular weight excluding hydrogens is 198 g/mol. The highest BCUT2D eigenvalue weighted by Gasteiger charge is 2.14. The van der Waals surface area contributed by atoms with Crippen LogP contribution in [0.3, 0.4) is 0 Å². The molecule has 0 unspecified atom stereocenters. The van der Waals surface area contributed by atoms with E-state index in [1.807, 2.05) is 6.07 Å². The van der Waals surface area contributed by atoms with Gasteiger partial charge in [-0.2, -0.15) is 0 Å². The number of nitrogens with one attached hydrogen (secondary N) is 1. The van der Waals surface area contributed by atoms with Crippen molar-refractivity contribution in [2.45, 2.75) is 38.2 Å². The third-order valence-electron chi connectivity index (χ3n) is 3.08. The third-order valence-corrected chi connectivity index (χ3v) is 3.08. The summed E-state index contributed by atoms with van der Waals surface area (Å²) in [6.45, 7) is 1.89. The van der Waals surface area contributed by atoms with Crippen molar-refractivity contribution in [1.82, 2.24) is 0 Å². The quantitative estimate of drug-likeness (QED) is 0.740. The summed E-state index contributed by atoms with van der Waals surface area (Å²) in [4.78, 5) is 0. The van der Waals surface area contributed by atoms with E-state index in [4.69, 9.17) is 4.74 Å². The monoisotopic (exact) mass is 219 g/mol. The highest BCUT2D eigenvalue weighted by Crippen LogP contribution is 2.20. The SMILES string of the molecule is c1ccc(NCCCOC2CCCC2)cc1. The van der Waals surface area contributed by atoms with E-state index in [1.165, 1.54) is 31.4 Å². The number of anilines is 1. The summed E-state index contributed by atoms with van der Waals surface area (Å²) in [6, 6.07) is 10.3. The smallest absolute Gasteiger partial charge is 0.0575 e. The van der Waals surface area contributed by atoms with Crippen LogP contribution in [0.15, 0.2) is 30.3 Å². The van der Waals surface area contributed by atoms with Crippen molar-refractivity contribution in [2.75, 3.05) is 18.5 Å². The first-order valence-corrected chi connectivity index (χ1v) is 6.36. The second-order valence-electron chi connectivity index (χ2n) is 4.42. The van der Waals surface area contributed by atoms with Gasteiger partial charge in [-0.25, -0.2) is 0 Å². The highest BCUT2D eigenvalue weighted by atomic mass is 16.5. The molecule has 0 heterocycles. The van der Waals surface area contributed by atoms with Crippen molar-refractivity contribution >= 4 is 5.69 Å². The van der Waals surface area contributed by atoms with Crippen LogP contribution < -0.4 is 5.32 Å². The lowest BCUT2D eigenvalue weighted by Gasteiger charge is -2.11. The fourth-order valence-electron chi connectivity index (χ4n) is 2.17. The molecular formula is C14H21NO. The summed E-state index contributed by atoms with van der Waals surface area (Å²) in [7, 11) is 0. The fraction of sp³-hybridized carbons (Fsp3) is 0.571. The molecule has 1 aromatic rings.